The summed E-state index contributed by atoms with van der Waals surface area (Å²) in [5.41, 5.74) is 7.34. The standard InChI is InChI=1S/C28H22N3P/c1-18-15-26(31-30-18)25-17-20(19-9-4-3-5-10-19)16-24(29-25)23-13-8-12-22-21-11-6-7-14-27(21)32(2)28(22)23/h3-17H,1-2H3,(H,30,31). The van der Waals surface area contributed by atoms with Crippen molar-refractivity contribution in [1.29, 1.82) is 0 Å². The molecule has 6 rings (SSSR count). The molecule has 0 fully saturated rings. The Morgan fingerprint density at radius 3 is 2.25 bits per heavy atom. The first kappa shape index (κ1) is 19.0. The van der Waals surface area contributed by atoms with Gasteiger partial charge in [-0.1, -0.05) is 72.8 Å². The number of nitrogens with zero attached hydrogens (tertiary/aromatic N) is 2. The Bertz CT molecular complexity index is 1590. The molecule has 1 atom stereocenters. The Morgan fingerprint density at radius 1 is 0.688 bits per heavy atom. The molecule has 0 aliphatic carbocycles. The highest BCUT2D eigenvalue weighted by Gasteiger charge is 2.16. The first-order valence-electron chi connectivity index (χ1n) is 10.8. The Morgan fingerprint density at radius 2 is 1.44 bits per heavy atom. The summed E-state index contributed by atoms with van der Waals surface area (Å²) >= 11 is 0. The molecule has 1 N–H and O–H groups in total. The van der Waals surface area contributed by atoms with E-state index in [0.29, 0.717) is 0 Å². The highest BCUT2D eigenvalue weighted by atomic mass is 31.1. The van der Waals surface area contributed by atoms with Crippen molar-refractivity contribution in [3.8, 4) is 33.8 Å². The van der Waals surface area contributed by atoms with Crippen molar-refractivity contribution in [3.05, 3.63) is 96.7 Å². The zero-order chi connectivity index (χ0) is 21.7. The van der Waals surface area contributed by atoms with Gasteiger partial charge in [0.15, 0.2) is 0 Å². The van der Waals surface area contributed by atoms with E-state index in [1.165, 1.54) is 32.1 Å². The lowest BCUT2D eigenvalue weighted by molar-refractivity contribution is 1.05. The number of aromatic nitrogens is 3. The SMILES string of the molecule is Cc1cc(-c2cc(-c3ccccc3)cc(-c3cccc4c5ccccc5p(C)c34)n2)n[nH]1. The van der Waals surface area contributed by atoms with Crippen molar-refractivity contribution in [2.45, 2.75) is 6.92 Å². The molecule has 0 amide bonds. The molecular formula is C28H22N3P. The number of pyridine rings is 1. The highest BCUT2D eigenvalue weighted by Crippen LogP contribution is 2.50. The smallest absolute Gasteiger partial charge is 0.111 e. The van der Waals surface area contributed by atoms with E-state index in [1.54, 1.807) is 0 Å². The fourth-order valence-electron chi connectivity index (χ4n) is 4.59. The minimum Gasteiger partial charge on any atom is -0.282 e. The molecule has 0 aliphatic heterocycles. The lowest BCUT2D eigenvalue weighted by Crippen LogP contribution is -1.92. The first-order valence-corrected chi connectivity index (χ1v) is 12.5. The predicted octanol–water partition coefficient (Wildman–Crippen LogP) is 7.94. The molecule has 0 radical (unpaired) electrons. The molecule has 3 aromatic carbocycles. The molecule has 32 heavy (non-hydrogen) atoms. The number of hydrogen-bond acceptors (Lipinski definition) is 2. The second kappa shape index (κ2) is 7.47. The third-order valence-corrected chi connectivity index (χ3v) is 8.37. The van der Waals surface area contributed by atoms with E-state index < -0.39 is 7.53 Å². The van der Waals surface area contributed by atoms with Crippen LogP contribution in [0.25, 0.3) is 54.8 Å². The maximum absolute atomic E-state index is 5.12. The van der Waals surface area contributed by atoms with E-state index in [0.717, 1.165) is 28.3 Å². The van der Waals surface area contributed by atoms with Crippen LogP contribution in [0.2, 0.25) is 0 Å². The molecule has 4 heteroatoms. The molecule has 0 bridgehead atoms. The number of H-pyrrole nitrogens is 1. The quantitative estimate of drug-likeness (QED) is 0.309. The van der Waals surface area contributed by atoms with Crippen LogP contribution in [0.5, 0.6) is 0 Å². The van der Waals surface area contributed by atoms with Crippen LogP contribution in [0, 0.1) is 6.92 Å². The van der Waals surface area contributed by atoms with E-state index in [-0.39, 0.29) is 0 Å². The van der Waals surface area contributed by atoms with E-state index in [9.17, 15) is 0 Å². The second-order valence-electron chi connectivity index (χ2n) is 8.21. The van der Waals surface area contributed by atoms with Crippen molar-refractivity contribution in [1.82, 2.24) is 15.2 Å². The third-order valence-electron chi connectivity index (χ3n) is 6.10. The molecule has 0 spiro atoms. The van der Waals surface area contributed by atoms with Gasteiger partial charge < -0.3 is 0 Å². The van der Waals surface area contributed by atoms with Gasteiger partial charge in [0.2, 0.25) is 0 Å². The van der Waals surface area contributed by atoms with E-state index in [2.05, 4.69) is 108 Å². The fraction of sp³-hybridized carbons (Fsp3) is 0.0714. The van der Waals surface area contributed by atoms with Crippen molar-refractivity contribution >= 4 is 28.5 Å². The van der Waals surface area contributed by atoms with Gasteiger partial charge in [-0.3, -0.25) is 5.10 Å². The van der Waals surface area contributed by atoms with Crippen LogP contribution >= 0.6 is 7.53 Å². The number of benzene rings is 3. The van der Waals surface area contributed by atoms with Gasteiger partial charge in [0, 0.05) is 21.5 Å². The fourth-order valence-corrected chi connectivity index (χ4v) is 6.80. The van der Waals surface area contributed by atoms with Gasteiger partial charge in [0.1, 0.15) is 5.69 Å². The van der Waals surface area contributed by atoms with Crippen LogP contribution in [0.3, 0.4) is 0 Å². The maximum Gasteiger partial charge on any atom is 0.111 e. The molecular weight excluding hydrogens is 409 g/mol. The summed E-state index contributed by atoms with van der Waals surface area (Å²) in [6.45, 7) is 4.38. The molecule has 3 nitrogen and oxygen atoms in total. The Labute approximate surface area is 187 Å². The summed E-state index contributed by atoms with van der Waals surface area (Å²) in [6.07, 6.45) is 0. The number of rotatable bonds is 3. The van der Waals surface area contributed by atoms with Crippen molar-refractivity contribution in [3.63, 3.8) is 0 Å². The molecule has 0 saturated heterocycles. The normalized spacial score (nSPS) is 12.0. The summed E-state index contributed by atoms with van der Waals surface area (Å²) in [5.74, 6) is 0. The number of nitrogens with one attached hydrogen (secondary N) is 1. The molecule has 0 saturated carbocycles. The maximum atomic E-state index is 5.12. The first-order chi connectivity index (χ1) is 15.7. The zero-order valence-electron chi connectivity index (χ0n) is 18.0. The predicted molar refractivity (Wildman–Crippen MR) is 136 cm³/mol. The molecule has 0 aliphatic rings. The van der Waals surface area contributed by atoms with Crippen molar-refractivity contribution < 1.29 is 0 Å². The van der Waals surface area contributed by atoms with Gasteiger partial charge >= 0.3 is 0 Å². The average Bonchev–Trinajstić information content (AvgIpc) is 3.41. The zero-order valence-corrected chi connectivity index (χ0v) is 18.9. The van der Waals surface area contributed by atoms with Crippen LogP contribution in [-0.4, -0.2) is 15.2 Å². The largest absolute Gasteiger partial charge is 0.282 e. The van der Waals surface area contributed by atoms with E-state index >= 15 is 0 Å². The number of fused-ring (bicyclic) bond motifs is 3. The summed E-state index contributed by atoms with van der Waals surface area (Å²) < 4.78 is 0. The van der Waals surface area contributed by atoms with Crippen LogP contribution in [-0.2, 0) is 6.66 Å². The van der Waals surface area contributed by atoms with Crippen LogP contribution in [0.4, 0.5) is 0 Å². The lowest BCUT2D eigenvalue weighted by Gasteiger charge is -2.11. The van der Waals surface area contributed by atoms with E-state index in [1.807, 2.05) is 6.92 Å². The van der Waals surface area contributed by atoms with Crippen molar-refractivity contribution in [2.24, 2.45) is 6.66 Å². The van der Waals surface area contributed by atoms with Crippen LogP contribution in [0.15, 0.2) is 91.0 Å². The summed E-state index contributed by atoms with van der Waals surface area (Å²) in [7, 11) is -0.427. The Balaban J connectivity index is 1.66. The Hall–Kier alpha value is -3.68. The molecule has 6 aromatic rings. The second-order valence-corrected chi connectivity index (χ2v) is 10.3. The summed E-state index contributed by atoms with van der Waals surface area (Å²) in [4.78, 5) is 5.12. The average molecular weight is 431 g/mol. The molecule has 154 valence electrons. The van der Waals surface area contributed by atoms with Gasteiger partial charge in [-0.15, -0.1) is 7.53 Å². The van der Waals surface area contributed by atoms with Gasteiger partial charge in [-0.05, 0) is 53.7 Å². The number of aryl methyl sites for hydroxylation is 2. The van der Waals surface area contributed by atoms with Crippen LogP contribution < -0.4 is 0 Å². The summed E-state index contributed by atoms with van der Waals surface area (Å²) in [5, 5.41) is 13.1. The summed E-state index contributed by atoms with van der Waals surface area (Å²) in [6, 6.07) is 32.4. The van der Waals surface area contributed by atoms with Gasteiger partial charge in [0.05, 0.1) is 11.4 Å². The molecule has 3 aromatic heterocycles. The highest BCUT2D eigenvalue weighted by molar-refractivity contribution is 7.60. The lowest BCUT2D eigenvalue weighted by atomic mass is 10.0. The minimum atomic E-state index is -0.427. The number of hydrogen-bond donors (Lipinski definition) is 1. The number of aromatic amines is 1. The third kappa shape index (κ3) is 3.05. The Kier molecular flexibility index (Phi) is 4.45. The van der Waals surface area contributed by atoms with Gasteiger partial charge in [0.25, 0.3) is 0 Å². The monoisotopic (exact) mass is 431 g/mol. The molecule has 3 heterocycles. The topological polar surface area (TPSA) is 41.6 Å². The minimum absolute atomic E-state index is 0.427. The van der Waals surface area contributed by atoms with Gasteiger partial charge in [-0.25, -0.2) is 4.98 Å². The van der Waals surface area contributed by atoms with Crippen molar-refractivity contribution in [2.75, 3.05) is 0 Å². The molecule has 1 unspecified atom stereocenters. The van der Waals surface area contributed by atoms with E-state index in [4.69, 9.17) is 4.98 Å². The van der Waals surface area contributed by atoms with Crippen LogP contribution in [0.1, 0.15) is 5.69 Å². The van der Waals surface area contributed by atoms with Gasteiger partial charge in [-0.2, -0.15) is 5.10 Å².